The van der Waals surface area contributed by atoms with Crippen molar-refractivity contribution in [2.75, 3.05) is 13.7 Å². The zero-order valence-electron chi connectivity index (χ0n) is 14.6. The molecule has 8 heteroatoms. The Labute approximate surface area is 150 Å². The van der Waals surface area contributed by atoms with Gasteiger partial charge in [0.25, 0.3) is 11.5 Å². The lowest BCUT2D eigenvalue weighted by atomic mass is 9.91. The molecule has 2 atom stereocenters. The van der Waals surface area contributed by atoms with Crippen LogP contribution in [0.5, 0.6) is 0 Å². The second-order valence-corrected chi connectivity index (χ2v) is 5.39. The topological polar surface area (TPSA) is 64.6 Å². The summed E-state index contributed by atoms with van der Waals surface area (Å²) in [4.78, 5) is 24.6. The number of allylic oxidation sites excluding steroid dienone is 1. The third-order valence-electron chi connectivity index (χ3n) is 3.74. The number of nitrogens with one attached hydrogen (secondary N) is 1. The molecule has 0 bridgehead atoms. The fourth-order valence-electron chi connectivity index (χ4n) is 2.46. The Morgan fingerprint density at radius 3 is 2.35 bits per heavy atom. The van der Waals surface area contributed by atoms with E-state index in [0.717, 1.165) is 19.2 Å². The number of methoxy groups -OCH3 is 1. The highest BCUT2D eigenvalue weighted by molar-refractivity contribution is 5.91. The van der Waals surface area contributed by atoms with Gasteiger partial charge >= 0.3 is 12.1 Å². The van der Waals surface area contributed by atoms with E-state index in [4.69, 9.17) is 4.74 Å². The smallest absolute Gasteiger partial charge is 0.430 e. The third kappa shape index (κ3) is 4.63. The van der Waals surface area contributed by atoms with Crippen LogP contribution in [0.15, 0.2) is 43.0 Å². The molecule has 26 heavy (non-hydrogen) atoms. The Balaban J connectivity index is 3.26. The summed E-state index contributed by atoms with van der Waals surface area (Å²) in [5.41, 5.74) is -3.63. The summed E-state index contributed by atoms with van der Waals surface area (Å²) in [6.07, 6.45) is -3.20. The van der Waals surface area contributed by atoms with Gasteiger partial charge in [-0.25, -0.2) is 4.79 Å². The van der Waals surface area contributed by atoms with Gasteiger partial charge in [0.1, 0.15) is 6.04 Å². The van der Waals surface area contributed by atoms with E-state index in [-0.39, 0.29) is 18.6 Å². The Hall–Kier alpha value is -2.35. The summed E-state index contributed by atoms with van der Waals surface area (Å²) < 4.78 is 51.1. The third-order valence-corrected chi connectivity index (χ3v) is 3.74. The number of benzene rings is 1. The zero-order chi connectivity index (χ0) is 19.8. The molecule has 0 aliphatic heterocycles. The van der Waals surface area contributed by atoms with Crippen LogP contribution in [0, 0.1) is 0 Å². The molecule has 1 aromatic carbocycles. The number of hydrogen-bond acceptors (Lipinski definition) is 4. The van der Waals surface area contributed by atoms with Gasteiger partial charge in [-0.15, -0.1) is 6.58 Å². The van der Waals surface area contributed by atoms with Crippen LogP contribution in [0.3, 0.4) is 0 Å². The first-order valence-electron chi connectivity index (χ1n) is 8.00. The molecule has 1 rings (SSSR count). The van der Waals surface area contributed by atoms with Crippen molar-refractivity contribution in [2.45, 2.75) is 37.6 Å². The number of ether oxygens (including phenoxy) is 2. The highest BCUT2D eigenvalue weighted by Crippen LogP contribution is 2.42. The van der Waals surface area contributed by atoms with Gasteiger partial charge in [-0.05, 0) is 19.8 Å². The van der Waals surface area contributed by atoms with Crippen molar-refractivity contribution in [1.82, 2.24) is 5.32 Å². The first-order chi connectivity index (χ1) is 12.2. The van der Waals surface area contributed by atoms with Gasteiger partial charge in [-0.3, -0.25) is 4.79 Å². The molecule has 0 saturated heterocycles. The Kier molecular flexibility index (Phi) is 7.82. The van der Waals surface area contributed by atoms with E-state index < -0.39 is 29.7 Å². The standard InChI is InChI=1S/C18H22F3NO4/c1-4-6-12-14(15(23)26-5-2)22-16(24)17(25-3,18(19,20)21)13-10-8-7-9-11-13/h4,7-11,14H,1,5-6,12H2,2-3H3,(H,22,24)/t14-,17-/m1/s1. The maximum absolute atomic E-state index is 13.8. The van der Waals surface area contributed by atoms with E-state index in [1.165, 1.54) is 24.3 Å². The number of rotatable bonds is 9. The van der Waals surface area contributed by atoms with E-state index in [9.17, 15) is 22.8 Å². The minimum atomic E-state index is -5.05. The van der Waals surface area contributed by atoms with Crippen LogP contribution in [0.2, 0.25) is 0 Å². The molecule has 0 spiro atoms. The van der Waals surface area contributed by atoms with E-state index >= 15 is 0 Å². The molecule has 0 unspecified atom stereocenters. The van der Waals surface area contributed by atoms with Crippen LogP contribution < -0.4 is 5.32 Å². The number of amides is 1. The van der Waals surface area contributed by atoms with Crippen molar-refractivity contribution in [3.8, 4) is 0 Å². The zero-order valence-corrected chi connectivity index (χ0v) is 14.6. The molecular weight excluding hydrogens is 351 g/mol. The molecule has 5 nitrogen and oxygen atoms in total. The van der Waals surface area contributed by atoms with Gasteiger partial charge in [-0.1, -0.05) is 36.4 Å². The molecule has 144 valence electrons. The SMILES string of the molecule is C=CCC[C@@H](NC(=O)[C@](OC)(c1ccccc1)C(F)(F)F)C(=O)OCC. The molecule has 0 heterocycles. The quantitative estimate of drug-likeness (QED) is 0.534. The van der Waals surface area contributed by atoms with Crippen molar-refractivity contribution < 1.29 is 32.2 Å². The van der Waals surface area contributed by atoms with E-state index in [2.05, 4.69) is 16.6 Å². The lowest BCUT2D eigenvalue weighted by Gasteiger charge is -2.34. The van der Waals surface area contributed by atoms with Crippen molar-refractivity contribution in [3.63, 3.8) is 0 Å². The number of carbonyl (C=O) groups is 2. The largest absolute Gasteiger partial charge is 0.464 e. The van der Waals surface area contributed by atoms with Gasteiger partial charge in [0.15, 0.2) is 0 Å². The normalized spacial score (nSPS) is 14.8. The first-order valence-corrected chi connectivity index (χ1v) is 8.00. The predicted octanol–water partition coefficient (Wildman–Crippen LogP) is 3.10. The Morgan fingerprint density at radius 2 is 1.88 bits per heavy atom. The molecule has 0 aliphatic rings. The predicted molar refractivity (Wildman–Crippen MR) is 89.2 cm³/mol. The number of alkyl halides is 3. The number of carbonyl (C=O) groups excluding carboxylic acids is 2. The maximum Gasteiger partial charge on any atom is 0.430 e. The van der Waals surface area contributed by atoms with Gasteiger partial charge in [0, 0.05) is 12.7 Å². The molecule has 1 aromatic rings. The van der Waals surface area contributed by atoms with E-state index in [1.807, 2.05) is 0 Å². The van der Waals surface area contributed by atoms with Crippen LogP contribution in [0.25, 0.3) is 0 Å². The van der Waals surface area contributed by atoms with Crippen molar-refractivity contribution in [2.24, 2.45) is 0 Å². The number of hydrogen-bond donors (Lipinski definition) is 1. The second kappa shape index (κ2) is 9.38. The molecular formula is C18H22F3NO4. The first kappa shape index (κ1) is 21.7. The Bertz CT molecular complexity index is 619. The van der Waals surface area contributed by atoms with Crippen LogP contribution in [0.1, 0.15) is 25.3 Å². The average Bonchev–Trinajstić information content (AvgIpc) is 2.59. The molecule has 0 saturated carbocycles. The van der Waals surface area contributed by atoms with Crippen molar-refractivity contribution in [3.05, 3.63) is 48.6 Å². The monoisotopic (exact) mass is 373 g/mol. The molecule has 1 amide bonds. The van der Waals surface area contributed by atoms with Gasteiger partial charge in [0.2, 0.25) is 0 Å². The second-order valence-electron chi connectivity index (χ2n) is 5.39. The summed E-state index contributed by atoms with van der Waals surface area (Å²) in [5, 5.41) is 2.13. The lowest BCUT2D eigenvalue weighted by molar-refractivity contribution is -0.266. The molecule has 0 aliphatic carbocycles. The van der Waals surface area contributed by atoms with Gasteiger partial charge < -0.3 is 14.8 Å². The highest BCUT2D eigenvalue weighted by atomic mass is 19.4. The molecule has 0 fully saturated rings. The summed E-state index contributed by atoms with van der Waals surface area (Å²) in [6.45, 7) is 5.09. The van der Waals surface area contributed by atoms with Crippen molar-refractivity contribution in [1.29, 1.82) is 0 Å². The fourth-order valence-corrected chi connectivity index (χ4v) is 2.46. The minimum Gasteiger partial charge on any atom is -0.464 e. The van der Waals surface area contributed by atoms with Gasteiger partial charge in [0.05, 0.1) is 6.61 Å². The fraction of sp³-hybridized carbons (Fsp3) is 0.444. The van der Waals surface area contributed by atoms with Crippen LogP contribution in [-0.4, -0.2) is 37.8 Å². The van der Waals surface area contributed by atoms with Gasteiger partial charge in [-0.2, -0.15) is 13.2 Å². The highest BCUT2D eigenvalue weighted by Gasteiger charge is 2.63. The van der Waals surface area contributed by atoms with Crippen molar-refractivity contribution >= 4 is 11.9 Å². The van der Waals surface area contributed by atoms with Crippen LogP contribution in [-0.2, 0) is 24.7 Å². The summed E-state index contributed by atoms with van der Waals surface area (Å²) in [6, 6.07) is 5.27. The summed E-state index contributed by atoms with van der Waals surface area (Å²) >= 11 is 0. The van der Waals surface area contributed by atoms with Crippen LogP contribution >= 0.6 is 0 Å². The maximum atomic E-state index is 13.8. The van der Waals surface area contributed by atoms with Crippen LogP contribution in [0.4, 0.5) is 13.2 Å². The number of esters is 1. The molecule has 0 radical (unpaired) electrons. The number of halogens is 3. The average molecular weight is 373 g/mol. The van der Waals surface area contributed by atoms with E-state index in [1.54, 1.807) is 6.92 Å². The minimum absolute atomic E-state index is 0.0344. The van der Waals surface area contributed by atoms with E-state index in [0.29, 0.717) is 6.42 Å². The molecule has 0 aromatic heterocycles. The summed E-state index contributed by atoms with van der Waals surface area (Å²) in [5.74, 6) is -2.30. The Morgan fingerprint density at radius 1 is 1.27 bits per heavy atom. The molecule has 1 N–H and O–H groups in total. The lowest BCUT2D eigenvalue weighted by Crippen LogP contribution is -2.58. The summed E-state index contributed by atoms with van der Waals surface area (Å²) in [7, 11) is 0.795.